The molecular weight excluding hydrogens is 430 g/mol. The molecular formula is C23H17N3O7. The summed E-state index contributed by atoms with van der Waals surface area (Å²) in [5, 5.41) is 13.4. The van der Waals surface area contributed by atoms with Crippen molar-refractivity contribution in [3.8, 4) is 17.1 Å². The van der Waals surface area contributed by atoms with E-state index in [1.807, 2.05) is 6.92 Å². The Morgan fingerprint density at radius 3 is 2.48 bits per heavy atom. The van der Waals surface area contributed by atoms with Crippen molar-refractivity contribution in [2.45, 2.75) is 6.92 Å². The van der Waals surface area contributed by atoms with Crippen LogP contribution in [-0.4, -0.2) is 29.4 Å². The Morgan fingerprint density at radius 2 is 1.79 bits per heavy atom. The van der Waals surface area contributed by atoms with Gasteiger partial charge in [-0.15, -0.1) is 0 Å². The van der Waals surface area contributed by atoms with Crippen LogP contribution in [0.2, 0.25) is 0 Å². The normalized spacial score (nSPS) is 15.0. The number of barbiturate groups is 1. The highest BCUT2D eigenvalue weighted by molar-refractivity contribution is 6.39. The topological polar surface area (TPSA) is 132 Å². The number of para-hydroxylation sites is 1. The second-order valence-electron chi connectivity index (χ2n) is 6.86. The van der Waals surface area contributed by atoms with Gasteiger partial charge in [0.1, 0.15) is 22.8 Å². The van der Waals surface area contributed by atoms with Gasteiger partial charge in [0.2, 0.25) is 0 Å². The van der Waals surface area contributed by atoms with E-state index in [2.05, 4.69) is 5.32 Å². The number of benzene rings is 2. The Balaban J connectivity index is 1.65. The number of anilines is 1. The fraction of sp³-hybridized carbons (Fsp3) is 0.0870. The van der Waals surface area contributed by atoms with Gasteiger partial charge in [0, 0.05) is 6.07 Å². The second-order valence-corrected chi connectivity index (χ2v) is 6.86. The molecule has 10 nitrogen and oxygen atoms in total. The monoisotopic (exact) mass is 447 g/mol. The third kappa shape index (κ3) is 4.22. The van der Waals surface area contributed by atoms with Crippen molar-refractivity contribution in [1.29, 1.82) is 0 Å². The lowest BCUT2D eigenvalue weighted by Crippen LogP contribution is -2.54. The van der Waals surface area contributed by atoms with Crippen LogP contribution in [0, 0.1) is 10.1 Å². The van der Waals surface area contributed by atoms with Crippen LogP contribution >= 0.6 is 0 Å². The molecule has 0 unspecified atom stereocenters. The molecule has 1 saturated heterocycles. The summed E-state index contributed by atoms with van der Waals surface area (Å²) in [6.45, 7) is 2.29. The van der Waals surface area contributed by atoms with E-state index in [-0.39, 0.29) is 34.0 Å². The van der Waals surface area contributed by atoms with Crippen LogP contribution in [0.3, 0.4) is 0 Å². The number of nitro groups is 1. The summed E-state index contributed by atoms with van der Waals surface area (Å²) in [6, 6.07) is 14.4. The number of nitrogens with one attached hydrogen (secondary N) is 1. The molecule has 0 aliphatic carbocycles. The Hall–Kier alpha value is -4.73. The number of urea groups is 1. The van der Waals surface area contributed by atoms with Crippen molar-refractivity contribution in [2.24, 2.45) is 0 Å². The minimum atomic E-state index is -0.883. The summed E-state index contributed by atoms with van der Waals surface area (Å²) in [6.07, 6.45) is 1.18. The second kappa shape index (κ2) is 8.79. The Bertz CT molecular complexity index is 1290. The number of amides is 4. The van der Waals surface area contributed by atoms with Gasteiger partial charge in [-0.25, -0.2) is 9.69 Å². The molecule has 0 bridgehead atoms. The summed E-state index contributed by atoms with van der Waals surface area (Å²) in [7, 11) is 0. The molecule has 1 aliphatic rings. The molecule has 2 aromatic carbocycles. The molecule has 0 atom stereocenters. The number of imide groups is 2. The summed E-state index contributed by atoms with van der Waals surface area (Å²) in [4.78, 5) is 49.3. The highest BCUT2D eigenvalue weighted by atomic mass is 16.6. The molecule has 4 rings (SSSR count). The van der Waals surface area contributed by atoms with E-state index in [0.717, 1.165) is 4.90 Å². The quantitative estimate of drug-likeness (QED) is 0.262. The van der Waals surface area contributed by atoms with Crippen molar-refractivity contribution in [3.05, 3.63) is 82.1 Å². The number of carbonyl (C=O) groups is 3. The predicted molar refractivity (Wildman–Crippen MR) is 117 cm³/mol. The zero-order valence-corrected chi connectivity index (χ0v) is 17.3. The molecule has 10 heteroatoms. The van der Waals surface area contributed by atoms with E-state index in [1.54, 1.807) is 18.2 Å². The van der Waals surface area contributed by atoms with Crippen molar-refractivity contribution in [3.63, 3.8) is 0 Å². The SMILES string of the molecule is CCOc1ccc(N2C(=O)NC(=O)C(=Cc3ccc(-c4ccccc4[N+](=O)[O-])o3)C2=O)cc1. The van der Waals surface area contributed by atoms with Gasteiger partial charge in [0.05, 0.1) is 22.8 Å². The first kappa shape index (κ1) is 21.5. The van der Waals surface area contributed by atoms with Gasteiger partial charge < -0.3 is 9.15 Å². The van der Waals surface area contributed by atoms with Crippen molar-refractivity contribution in [2.75, 3.05) is 11.5 Å². The van der Waals surface area contributed by atoms with Gasteiger partial charge in [0.15, 0.2) is 0 Å². The number of hydrogen-bond acceptors (Lipinski definition) is 7. The van der Waals surface area contributed by atoms with E-state index in [0.29, 0.717) is 12.4 Å². The Morgan fingerprint density at radius 1 is 1.06 bits per heavy atom. The number of nitrogens with zero attached hydrogens (tertiary/aromatic N) is 2. The van der Waals surface area contributed by atoms with Crippen molar-refractivity contribution >= 4 is 35.3 Å². The summed E-state index contributed by atoms with van der Waals surface area (Å²) >= 11 is 0. The summed E-state index contributed by atoms with van der Waals surface area (Å²) in [5.74, 6) is -0.844. The number of nitro benzene ring substituents is 1. The highest BCUT2D eigenvalue weighted by Crippen LogP contribution is 2.32. The third-order valence-electron chi connectivity index (χ3n) is 4.79. The maximum absolute atomic E-state index is 13.0. The lowest BCUT2D eigenvalue weighted by atomic mass is 10.1. The molecule has 0 radical (unpaired) electrons. The highest BCUT2D eigenvalue weighted by Gasteiger charge is 2.37. The number of hydrogen-bond donors (Lipinski definition) is 1. The molecule has 33 heavy (non-hydrogen) atoms. The van der Waals surface area contributed by atoms with Crippen LogP contribution in [0.25, 0.3) is 17.4 Å². The van der Waals surface area contributed by atoms with Crippen LogP contribution in [0.15, 0.2) is 70.7 Å². The number of rotatable bonds is 6. The molecule has 166 valence electrons. The molecule has 0 saturated carbocycles. The van der Waals surface area contributed by atoms with E-state index in [9.17, 15) is 24.5 Å². The minimum absolute atomic E-state index is 0.114. The number of carbonyl (C=O) groups excluding carboxylic acids is 3. The average Bonchev–Trinajstić information content (AvgIpc) is 3.26. The lowest BCUT2D eigenvalue weighted by molar-refractivity contribution is -0.384. The molecule has 3 aromatic rings. The fourth-order valence-corrected chi connectivity index (χ4v) is 3.31. The van der Waals surface area contributed by atoms with Gasteiger partial charge in [-0.05, 0) is 55.5 Å². The maximum atomic E-state index is 13.0. The van der Waals surface area contributed by atoms with Gasteiger partial charge in [-0.3, -0.25) is 25.0 Å². The van der Waals surface area contributed by atoms with Gasteiger partial charge in [-0.1, -0.05) is 12.1 Å². The Labute approximate surface area is 187 Å². The van der Waals surface area contributed by atoms with Gasteiger partial charge in [-0.2, -0.15) is 0 Å². The van der Waals surface area contributed by atoms with Crippen LogP contribution in [0.4, 0.5) is 16.2 Å². The van der Waals surface area contributed by atoms with Crippen molar-refractivity contribution in [1.82, 2.24) is 5.32 Å². The number of furan rings is 1. The molecule has 1 fully saturated rings. The van der Waals surface area contributed by atoms with Gasteiger partial charge >= 0.3 is 6.03 Å². The van der Waals surface area contributed by atoms with Crippen LogP contribution in [0.5, 0.6) is 5.75 Å². The zero-order valence-electron chi connectivity index (χ0n) is 17.3. The Kier molecular flexibility index (Phi) is 5.73. The van der Waals surface area contributed by atoms with E-state index >= 15 is 0 Å². The minimum Gasteiger partial charge on any atom is -0.494 e. The summed E-state index contributed by atoms with van der Waals surface area (Å²) < 4.78 is 11.0. The molecule has 0 spiro atoms. The zero-order chi connectivity index (χ0) is 23.5. The summed E-state index contributed by atoms with van der Waals surface area (Å²) in [5.41, 5.74) is 0.0221. The lowest BCUT2D eigenvalue weighted by Gasteiger charge is -2.26. The van der Waals surface area contributed by atoms with Crippen LogP contribution < -0.4 is 15.0 Å². The average molecular weight is 447 g/mol. The van der Waals surface area contributed by atoms with Crippen LogP contribution in [0.1, 0.15) is 12.7 Å². The standard InChI is InChI=1S/C23H17N3O7/c1-2-32-15-9-7-14(8-10-15)25-22(28)18(21(27)24-23(25)29)13-16-11-12-20(33-16)17-5-3-4-6-19(17)26(30)31/h3-13H,2H2,1H3,(H,24,27,29). The predicted octanol–water partition coefficient (Wildman–Crippen LogP) is 3.92. The largest absolute Gasteiger partial charge is 0.494 e. The first-order chi connectivity index (χ1) is 15.9. The third-order valence-corrected chi connectivity index (χ3v) is 4.79. The van der Waals surface area contributed by atoms with Gasteiger partial charge in [0.25, 0.3) is 17.5 Å². The van der Waals surface area contributed by atoms with E-state index in [1.165, 1.54) is 48.5 Å². The molecule has 1 N–H and O–H groups in total. The molecule has 2 heterocycles. The first-order valence-electron chi connectivity index (χ1n) is 9.87. The van der Waals surface area contributed by atoms with Crippen LogP contribution in [-0.2, 0) is 9.59 Å². The van der Waals surface area contributed by atoms with E-state index < -0.39 is 22.8 Å². The van der Waals surface area contributed by atoms with Crippen molar-refractivity contribution < 1.29 is 28.5 Å². The maximum Gasteiger partial charge on any atom is 0.335 e. The molecule has 4 amide bonds. The smallest absolute Gasteiger partial charge is 0.335 e. The number of ether oxygens (including phenoxy) is 1. The molecule has 1 aromatic heterocycles. The van der Waals surface area contributed by atoms with E-state index in [4.69, 9.17) is 9.15 Å². The first-order valence-corrected chi connectivity index (χ1v) is 9.87. The molecule has 1 aliphatic heterocycles. The fourth-order valence-electron chi connectivity index (χ4n) is 3.31.